The lowest BCUT2D eigenvalue weighted by Gasteiger charge is -2.12. The molecule has 13 heavy (non-hydrogen) atoms. The van der Waals surface area contributed by atoms with E-state index in [0.29, 0.717) is 11.3 Å². The second kappa shape index (κ2) is 3.86. The van der Waals surface area contributed by atoms with Gasteiger partial charge in [-0.1, -0.05) is 0 Å². The van der Waals surface area contributed by atoms with E-state index in [0.717, 1.165) is 0 Å². The Morgan fingerprint density at radius 3 is 2.85 bits per heavy atom. The molecule has 0 aliphatic rings. The van der Waals surface area contributed by atoms with Crippen LogP contribution in [0.2, 0.25) is 0 Å². The van der Waals surface area contributed by atoms with Crippen LogP contribution in [0.25, 0.3) is 0 Å². The highest BCUT2D eigenvalue weighted by Crippen LogP contribution is 2.07. The molecule has 1 heterocycles. The summed E-state index contributed by atoms with van der Waals surface area (Å²) in [7, 11) is 3.45. The van der Waals surface area contributed by atoms with Gasteiger partial charge < -0.3 is 5.73 Å². The third-order valence-electron chi connectivity index (χ3n) is 1.42. The summed E-state index contributed by atoms with van der Waals surface area (Å²) in [6.07, 6.45) is 2.98. The van der Waals surface area contributed by atoms with Gasteiger partial charge >= 0.3 is 0 Å². The maximum Gasteiger partial charge on any atom is 0.269 e. The van der Waals surface area contributed by atoms with Crippen molar-refractivity contribution in [2.24, 2.45) is 0 Å². The predicted molar refractivity (Wildman–Crippen MR) is 49.8 cm³/mol. The lowest BCUT2D eigenvalue weighted by molar-refractivity contribution is 0.0857. The Balaban J connectivity index is 2.83. The van der Waals surface area contributed by atoms with E-state index in [2.05, 4.69) is 10.4 Å². The molecular formula is C8H12N4O. The Kier molecular flexibility index (Phi) is 2.81. The topological polar surface area (TPSA) is 71.2 Å². The van der Waals surface area contributed by atoms with E-state index in [-0.39, 0.29) is 5.91 Å². The molecule has 0 unspecified atom stereocenters. The fourth-order valence-corrected chi connectivity index (χ4v) is 0.858. The Morgan fingerprint density at radius 1 is 1.62 bits per heavy atom. The van der Waals surface area contributed by atoms with Crippen molar-refractivity contribution in [3.05, 3.63) is 24.0 Å². The van der Waals surface area contributed by atoms with E-state index in [1.165, 1.54) is 6.20 Å². The molecule has 0 fully saturated rings. The highest BCUT2D eigenvalue weighted by atomic mass is 16.2. The van der Waals surface area contributed by atoms with Crippen molar-refractivity contribution in [1.82, 2.24) is 15.4 Å². The zero-order valence-corrected chi connectivity index (χ0v) is 7.61. The number of hydrogen-bond donors (Lipinski definition) is 2. The number of rotatable bonds is 2. The van der Waals surface area contributed by atoms with Crippen molar-refractivity contribution >= 4 is 11.6 Å². The summed E-state index contributed by atoms with van der Waals surface area (Å²) in [5.74, 6) is -0.254. The zero-order chi connectivity index (χ0) is 9.84. The van der Waals surface area contributed by atoms with Crippen LogP contribution in [0.15, 0.2) is 18.5 Å². The monoisotopic (exact) mass is 180 g/mol. The van der Waals surface area contributed by atoms with Gasteiger partial charge in [0.25, 0.3) is 5.91 Å². The summed E-state index contributed by atoms with van der Waals surface area (Å²) in [4.78, 5) is 15.2. The maximum atomic E-state index is 11.4. The van der Waals surface area contributed by atoms with Crippen LogP contribution in [-0.2, 0) is 0 Å². The molecule has 0 aliphatic carbocycles. The molecule has 0 spiro atoms. The summed E-state index contributed by atoms with van der Waals surface area (Å²) in [5, 5.41) is 1.55. The number of nitrogen functional groups attached to an aromatic ring is 1. The Bertz CT molecular complexity index is 311. The molecule has 0 aliphatic heterocycles. The number of hydrazine groups is 1. The van der Waals surface area contributed by atoms with E-state index in [4.69, 9.17) is 5.73 Å². The van der Waals surface area contributed by atoms with Gasteiger partial charge in [0.05, 0.1) is 5.56 Å². The Morgan fingerprint density at radius 2 is 2.31 bits per heavy atom. The van der Waals surface area contributed by atoms with E-state index >= 15 is 0 Å². The third-order valence-corrected chi connectivity index (χ3v) is 1.42. The van der Waals surface area contributed by atoms with Crippen LogP contribution in [0.4, 0.5) is 5.69 Å². The van der Waals surface area contributed by atoms with Crippen molar-refractivity contribution < 1.29 is 4.79 Å². The summed E-state index contributed by atoms with van der Waals surface area (Å²) in [5.41, 5.74) is 8.96. The van der Waals surface area contributed by atoms with E-state index in [9.17, 15) is 4.79 Å². The minimum Gasteiger partial charge on any atom is -0.398 e. The summed E-state index contributed by atoms with van der Waals surface area (Å²) >= 11 is 0. The first-order valence-electron chi connectivity index (χ1n) is 3.79. The fourth-order valence-electron chi connectivity index (χ4n) is 0.858. The number of carbonyl (C=O) groups excluding carboxylic acids is 1. The van der Waals surface area contributed by atoms with Crippen LogP contribution >= 0.6 is 0 Å². The Labute approximate surface area is 76.5 Å². The van der Waals surface area contributed by atoms with Crippen LogP contribution in [0.3, 0.4) is 0 Å². The molecule has 0 aromatic carbocycles. The summed E-state index contributed by atoms with van der Waals surface area (Å²) in [6, 6.07) is 1.59. The molecule has 5 heteroatoms. The van der Waals surface area contributed by atoms with Crippen LogP contribution in [0.1, 0.15) is 10.4 Å². The van der Waals surface area contributed by atoms with Gasteiger partial charge in [0.15, 0.2) is 0 Å². The van der Waals surface area contributed by atoms with Crippen molar-refractivity contribution in [3.63, 3.8) is 0 Å². The van der Waals surface area contributed by atoms with Crippen molar-refractivity contribution in [2.45, 2.75) is 0 Å². The highest BCUT2D eigenvalue weighted by molar-refractivity contribution is 5.98. The number of anilines is 1. The van der Waals surface area contributed by atoms with Gasteiger partial charge in [0, 0.05) is 32.2 Å². The van der Waals surface area contributed by atoms with Gasteiger partial charge in [0.1, 0.15) is 0 Å². The van der Waals surface area contributed by atoms with Crippen LogP contribution < -0.4 is 11.2 Å². The van der Waals surface area contributed by atoms with E-state index in [1.54, 1.807) is 31.4 Å². The molecule has 0 saturated carbocycles. The molecule has 70 valence electrons. The van der Waals surface area contributed by atoms with Gasteiger partial charge in [-0.2, -0.15) is 0 Å². The molecule has 0 saturated heterocycles. The van der Waals surface area contributed by atoms with Gasteiger partial charge in [-0.3, -0.25) is 15.2 Å². The van der Waals surface area contributed by atoms with Crippen molar-refractivity contribution in [2.75, 3.05) is 19.8 Å². The lowest BCUT2D eigenvalue weighted by Crippen LogP contribution is -2.36. The SMILES string of the molecule is CN(C)NC(=O)c1cnccc1N. The maximum absolute atomic E-state index is 11.4. The number of nitrogens with one attached hydrogen (secondary N) is 1. The first kappa shape index (κ1) is 9.47. The second-order valence-corrected chi connectivity index (χ2v) is 2.80. The van der Waals surface area contributed by atoms with E-state index < -0.39 is 0 Å². The average molecular weight is 180 g/mol. The molecule has 1 rings (SSSR count). The first-order valence-corrected chi connectivity index (χ1v) is 3.79. The van der Waals surface area contributed by atoms with Gasteiger partial charge in [-0.15, -0.1) is 0 Å². The molecule has 0 radical (unpaired) electrons. The molecule has 0 bridgehead atoms. The molecule has 1 amide bonds. The normalized spacial score (nSPS) is 10.1. The van der Waals surface area contributed by atoms with Gasteiger partial charge in [0.2, 0.25) is 0 Å². The van der Waals surface area contributed by atoms with Crippen molar-refractivity contribution in [1.29, 1.82) is 0 Å². The van der Waals surface area contributed by atoms with Crippen LogP contribution in [0.5, 0.6) is 0 Å². The van der Waals surface area contributed by atoms with E-state index in [1.807, 2.05) is 0 Å². The molecular weight excluding hydrogens is 168 g/mol. The lowest BCUT2D eigenvalue weighted by atomic mass is 10.2. The quantitative estimate of drug-likeness (QED) is 0.622. The largest absolute Gasteiger partial charge is 0.398 e. The number of aromatic nitrogens is 1. The fraction of sp³-hybridized carbons (Fsp3) is 0.250. The average Bonchev–Trinajstić information content (AvgIpc) is 2.03. The first-order chi connectivity index (χ1) is 6.11. The Hall–Kier alpha value is -1.62. The number of pyridine rings is 1. The number of hydrogen-bond acceptors (Lipinski definition) is 4. The molecule has 5 nitrogen and oxygen atoms in total. The number of nitrogens with two attached hydrogens (primary N) is 1. The standard InChI is InChI=1S/C8H12N4O/c1-12(2)11-8(13)6-5-10-4-3-7(6)9/h3-5H,1-2H3,(H2,9,10)(H,11,13). The molecule has 0 atom stereocenters. The smallest absolute Gasteiger partial charge is 0.269 e. The van der Waals surface area contributed by atoms with Gasteiger partial charge in [-0.05, 0) is 6.07 Å². The minimum atomic E-state index is -0.254. The third kappa shape index (κ3) is 2.41. The van der Waals surface area contributed by atoms with Crippen LogP contribution in [0, 0.1) is 0 Å². The summed E-state index contributed by atoms with van der Waals surface area (Å²) < 4.78 is 0. The number of amides is 1. The highest BCUT2D eigenvalue weighted by Gasteiger charge is 2.08. The summed E-state index contributed by atoms with van der Waals surface area (Å²) in [6.45, 7) is 0. The molecule has 1 aromatic rings. The molecule has 3 N–H and O–H groups in total. The van der Waals surface area contributed by atoms with Gasteiger partial charge in [-0.25, -0.2) is 5.01 Å². The number of carbonyl (C=O) groups is 1. The predicted octanol–water partition coefficient (Wildman–Crippen LogP) is -0.130. The minimum absolute atomic E-state index is 0.254. The van der Waals surface area contributed by atoms with Crippen LogP contribution in [-0.4, -0.2) is 30.0 Å². The van der Waals surface area contributed by atoms with Crippen molar-refractivity contribution in [3.8, 4) is 0 Å². The number of nitrogens with zero attached hydrogens (tertiary/aromatic N) is 2. The zero-order valence-electron chi connectivity index (χ0n) is 7.61. The second-order valence-electron chi connectivity index (χ2n) is 2.80. The molecule has 1 aromatic heterocycles.